The minimum atomic E-state index is 0.319. The summed E-state index contributed by atoms with van der Waals surface area (Å²) in [6, 6.07) is 0. The molecule has 9 heavy (non-hydrogen) atoms. The molecule has 0 aromatic heterocycles. The van der Waals surface area contributed by atoms with Gasteiger partial charge in [0, 0.05) is 0 Å². The highest BCUT2D eigenvalue weighted by Crippen LogP contribution is 2.24. The van der Waals surface area contributed by atoms with E-state index in [9.17, 15) is 0 Å². The van der Waals surface area contributed by atoms with Crippen LogP contribution in [0.3, 0.4) is 0 Å². The number of ether oxygens (including phenoxy) is 1. The van der Waals surface area contributed by atoms with E-state index in [1.54, 1.807) is 0 Å². The van der Waals surface area contributed by atoms with Gasteiger partial charge in [0.1, 0.15) is 0 Å². The van der Waals surface area contributed by atoms with Crippen LogP contribution in [0.2, 0.25) is 0 Å². The van der Waals surface area contributed by atoms with Crippen molar-refractivity contribution in [1.29, 1.82) is 0 Å². The van der Waals surface area contributed by atoms with Crippen LogP contribution in [-0.2, 0) is 4.74 Å². The van der Waals surface area contributed by atoms with Gasteiger partial charge in [-0.3, -0.25) is 9.80 Å². The lowest BCUT2D eigenvalue weighted by atomic mass is 10.5. The van der Waals surface area contributed by atoms with Crippen LogP contribution < -0.4 is 0 Å². The van der Waals surface area contributed by atoms with Crippen LogP contribution in [0.4, 0.5) is 0 Å². The molecule has 2 unspecified atom stereocenters. The van der Waals surface area contributed by atoms with Gasteiger partial charge >= 0.3 is 0 Å². The summed E-state index contributed by atoms with van der Waals surface area (Å²) in [4.78, 5) is 4.15. The van der Waals surface area contributed by atoms with E-state index < -0.39 is 0 Å². The highest BCUT2D eigenvalue weighted by Gasteiger charge is 2.42. The minimum absolute atomic E-state index is 0.319. The third kappa shape index (κ3) is 1.41. The Morgan fingerprint density at radius 3 is 1.33 bits per heavy atom. The summed E-state index contributed by atoms with van der Waals surface area (Å²) in [5, 5.41) is 0. The summed E-state index contributed by atoms with van der Waals surface area (Å²) < 4.78 is 5.29. The highest BCUT2D eigenvalue weighted by molar-refractivity contribution is 4.79. The van der Waals surface area contributed by atoms with Gasteiger partial charge in [-0.25, -0.2) is 0 Å². The van der Waals surface area contributed by atoms with E-state index in [0.717, 1.165) is 0 Å². The molecule has 0 bridgehead atoms. The maximum Gasteiger partial charge on any atom is 0.152 e. The Labute approximate surface area is 56.2 Å². The van der Waals surface area contributed by atoms with E-state index in [-0.39, 0.29) is 0 Å². The molecular formula is C6H14N2O. The molecule has 0 spiro atoms. The summed E-state index contributed by atoms with van der Waals surface area (Å²) in [5.41, 5.74) is 0. The number of hydrogen-bond acceptors (Lipinski definition) is 3. The average Bonchev–Trinajstić information content (AvgIpc) is 2.39. The van der Waals surface area contributed by atoms with E-state index in [0.29, 0.717) is 12.5 Å². The number of nitrogens with zero attached hydrogens (tertiary/aromatic N) is 2. The van der Waals surface area contributed by atoms with Crippen molar-refractivity contribution in [3.8, 4) is 0 Å². The molecule has 0 aromatic rings. The molecule has 1 fully saturated rings. The van der Waals surface area contributed by atoms with Crippen LogP contribution in [0, 0.1) is 0 Å². The Morgan fingerprint density at radius 1 is 0.889 bits per heavy atom. The van der Waals surface area contributed by atoms with Gasteiger partial charge in [0.25, 0.3) is 0 Å². The van der Waals surface area contributed by atoms with E-state index in [1.165, 1.54) is 0 Å². The first kappa shape index (κ1) is 6.99. The van der Waals surface area contributed by atoms with Gasteiger partial charge in [0.2, 0.25) is 0 Å². The van der Waals surface area contributed by atoms with Crippen molar-refractivity contribution in [2.45, 2.75) is 12.5 Å². The van der Waals surface area contributed by atoms with Gasteiger partial charge in [0.05, 0.1) is 0 Å². The predicted octanol–water partition coefficient (Wildman–Crippen LogP) is -0.208. The molecule has 0 radical (unpaired) electrons. The predicted molar refractivity (Wildman–Crippen MR) is 36.0 cm³/mol. The SMILES string of the molecule is CN(C)C1OC1N(C)C. The standard InChI is InChI=1S/C6H14N2O/c1-7(2)5-6(9-5)8(3)4/h5-6H,1-4H3. The van der Waals surface area contributed by atoms with Crippen molar-refractivity contribution in [3.05, 3.63) is 0 Å². The fraction of sp³-hybridized carbons (Fsp3) is 1.00. The molecule has 1 heterocycles. The van der Waals surface area contributed by atoms with Crippen LogP contribution in [0.15, 0.2) is 0 Å². The molecule has 2 atom stereocenters. The summed E-state index contributed by atoms with van der Waals surface area (Å²) in [5.74, 6) is 0. The first-order chi connectivity index (χ1) is 4.13. The molecule has 0 aliphatic carbocycles. The largest absolute Gasteiger partial charge is 0.336 e. The first-order valence-corrected chi connectivity index (χ1v) is 3.11. The van der Waals surface area contributed by atoms with Crippen LogP contribution in [0.25, 0.3) is 0 Å². The second-order valence-electron chi connectivity index (χ2n) is 2.84. The van der Waals surface area contributed by atoms with Gasteiger partial charge in [-0.15, -0.1) is 0 Å². The van der Waals surface area contributed by atoms with Crippen LogP contribution in [0.1, 0.15) is 0 Å². The maximum atomic E-state index is 5.29. The average molecular weight is 130 g/mol. The zero-order valence-electron chi connectivity index (χ0n) is 6.46. The fourth-order valence-corrected chi connectivity index (χ4v) is 0.851. The topological polar surface area (TPSA) is 19.0 Å². The Balaban J connectivity index is 2.24. The van der Waals surface area contributed by atoms with E-state index in [1.807, 2.05) is 28.2 Å². The summed E-state index contributed by atoms with van der Waals surface area (Å²) in [6.45, 7) is 0. The number of epoxide rings is 1. The van der Waals surface area contributed by atoms with Crippen LogP contribution >= 0.6 is 0 Å². The number of likely N-dealkylation sites (N-methyl/N-ethyl adjacent to an activating group) is 2. The van der Waals surface area contributed by atoms with Gasteiger partial charge in [-0.1, -0.05) is 0 Å². The Hall–Kier alpha value is -0.120. The Morgan fingerprint density at radius 2 is 1.22 bits per heavy atom. The summed E-state index contributed by atoms with van der Waals surface area (Å²) in [6.07, 6.45) is 0.639. The lowest BCUT2D eigenvalue weighted by Gasteiger charge is -2.07. The maximum absolute atomic E-state index is 5.29. The smallest absolute Gasteiger partial charge is 0.152 e. The van der Waals surface area contributed by atoms with Crippen molar-refractivity contribution in [3.63, 3.8) is 0 Å². The van der Waals surface area contributed by atoms with Gasteiger partial charge in [0.15, 0.2) is 12.5 Å². The third-order valence-electron chi connectivity index (χ3n) is 1.46. The molecule has 3 nitrogen and oxygen atoms in total. The lowest BCUT2D eigenvalue weighted by molar-refractivity contribution is 0.219. The molecule has 1 rings (SSSR count). The molecule has 0 N–H and O–H groups in total. The van der Waals surface area contributed by atoms with E-state index in [2.05, 4.69) is 9.80 Å². The highest BCUT2D eigenvalue weighted by atomic mass is 16.6. The molecular weight excluding hydrogens is 116 g/mol. The van der Waals surface area contributed by atoms with E-state index in [4.69, 9.17) is 4.74 Å². The van der Waals surface area contributed by atoms with Crippen molar-refractivity contribution < 1.29 is 4.74 Å². The lowest BCUT2D eigenvalue weighted by Crippen LogP contribution is -2.25. The second-order valence-corrected chi connectivity index (χ2v) is 2.84. The van der Waals surface area contributed by atoms with Gasteiger partial charge in [-0.05, 0) is 28.2 Å². The molecule has 0 amide bonds. The number of rotatable bonds is 2. The van der Waals surface area contributed by atoms with Crippen molar-refractivity contribution in [2.24, 2.45) is 0 Å². The molecule has 3 heteroatoms. The first-order valence-electron chi connectivity index (χ1n) is 3.11. The van der Waals surface area contributed by atoms with Gasteiger partial charge in [-0.2, -0.15) is 0 Å². The Kier molecular flexibility index (Phi) is 1.75. The monoisotopic (exact) mass is 130 g/mol. The molecule has 54 valence electrons. The normalized spacial score (nSPS) is 34.0. The zero-order valence-corrected chi connectivity index (χ0v) is 6.46. The summed E-state index contributed by atoms with van der Waals surface area (Å²) >= 11 is 0. The van der Waals surface area contributed by atoms with Crippen molar-refractivity contribution >= 4 is 0 Å². The fourth-order valence-electron chi connectivity index (χ4n) is 0.851. The second kappa shape index (κ2) is 2.25. The minimum Gasteiger partial charge on any atom is -0.336 e. The quantitative estimate of drug-likeness (QED) is 0.482. The molecule has 1 saturated heterocycles. The van der Waals surface area contributed by atoms with Gasteiger partial charge < -0.3 is 4.74 Å². The van der Waals surface area contributed by atoms with Crippen molar-refractivity contribution in [2.75, 3.05) is 28.2 Å². The zero-order chi connectivity index (χ0) is 7.02. The summed E-state index contributed by atoms with van der Waals surface area (Å²) in [7, 11) is 8.09. The molecule has 0 saturated carbocycles. The third-order valence-corrected chi connectivity index (χ3v) is 1.46. The Bertz CT molecular complexity index is 91.2. The molecule has 1 aliphatic rings. The van der Waals surface area contributed by atoms with Crippen LogP contribution in [-0.4, -0.2) is 50.4 Å². The molecule has 0 aromatic carbocycles. The van der Waals surface area contributed by atoms with Crippen LogP contribution in [0.5, 0.6) is 0 Å². The van der Waals surface area contributed by atoms with E-state index >= 15 is 0 Å². The number of hydrogen-bond donors (Lipinski definition) is 0. The van der Waals surface area contributed by atoms with Crippen molar-refractivity contribution in [1.82, 2.24) is 9.80 Å². The molecule has 1 aliphatic heterocycles.